The average molecular weight is 248 g/mol. The Hall–Kier alpha value is -2.00. The lowest BCUT2D eigenvalue weighted by Gasteiger charge is -2.26. The molecule has 2 rings (SSSR count). The standard InChI is InChI=1S/C12H16N4O2/c1-6(2)9-7(4-13)11(14)18-12-10(9)8(5-17-3)15-16-12/h6,9H,5,14H2,1-3H3,(H,15,16)/t9-/m0/s1. The molecule has 1 aliphatic rings. The lowest BCUT2D eigenvalue weighted by atomic mass is 9.81. The quantitative estimate of drug-likeness (QED) is 0.842. The van der Waals surface area contributed by atoms with Crippen LogP contribution in [-0.2, 0) is 11.3 Å². The van der Waals surface area contributed by atoms with E-state index in [4.69, 9.17) is 15.2 Å². The Morgan fingerprint density at radius 2 is 2.33 bits per heavy atom. The Morgan fingerprint density at radius 3 is 2.89 bits per heavy atom. The minimum atomic E-state index is -0.109. The molecule has 6 heteroatoms. The van der Waals surface area contributed by atoms with Gasteiger partial charge in [-0.3, -0.25) is 5.10 Å². The molecular weight excluding hydrogens is 232 g/mol. The number of ether oxygens (including phenoxy) is 2. The van der Waals surface area contributed by atoms with Crippen LogP contribution in [0.3, 0.4) is 0 Å². The molecule has 0 unspecified atom stereocenters. The van der Waals surface area contributed by atoms with Crippen LogP contribution in [0.15, 0.2) is 11.5 Å². The van der Waals surface area contributed by atoms with Crippen molar-refractivity contribution in [1.29, 1.82) is 5.26 Å². The molecule has 18 heavy (non-hydrogen) atoms. The summed E-state index contributed by atoms with van der Waals surface area (Å²) in [5, 5.41) is 16.2. The number of fused-ring (bicyclic) bond motifs is 1. The van der Waals surface area contributed by atoms with Crippen molar-refractivity contribution in [2.75, 3.05) is 7.11 Å². The van der Waals surface area contributed by atoms with Gasteiger partial charge in [0.15, 0.2) is 0 Å². The summed E-state index contributed by atoms with van der Waals surface area (Å²) in [7, 11) is 1.61. The van der Waals surface area contributed by atoms with Crippen LogP contribution in [0.1, 0.15) is 31.0 Å². The van der Waals surface area contributed by atoms with Gasteiger partial charge < -0.3 is 15.2 Å². The van der Waals surface area contributed by atoms with E-state index >= 15 is 0 Å². The van der Waals surface area contributed by atoms with E-state index in [1.807, 2.05) is 13.8 Å². The van der Waals surface area contributed by atoms with Crippen LogP contribution < -0.4 is 10.5 Å². The number of rotatable bonds is 3. The zero-order chi connectivity index (χ0) is 13.3. The first-order valence-corrected chi connectivity index (χ1v) is 5.73. The molecule has 0 saturated carbocycles. The van der Waals surface area contributed by atoms with Crippen molar-refractivity contribution in [2.24, 2.45) is 11.7 Å². The fourth-order valence-electron chi connectivity index (χ4n) is 2.27. The summed E-state index contributed by atoms with van der Waals surface area (Å²) in [5.74, 6) is 0.688. The van der Waals surface area contributed by atoms with Gasteiger partial charge in [-0.1, -0.05) is 13.8 Å². The smallest absolute Gasteiger partial charge is 0.244 e. The molecule has 0 spiro atoms. The summed E-state index contributed by atoms with van der Waals surface area (Å²) in [6.45, 7) is 4.47. The van der Waals surface area contributed by atoms with E-state index in [-0.39, 0.29) is 17.7 Å². The summed E-state index contributed by atoms with van der Waals surface area (Å²) in [6.07, 6.45) is 0. The molecule has 0 saturated heterocycles. The largest absolute Gasteiger partial charge is 0.420 e. The van der Waals surface area contributed by atoms with E-state index < -0.39 is 0 Å². The molecule has 96 valence electrons. The van der Waals surface area contributed by atoms with Crippen LogP contribution in [0, 0.1) is 17.2 Å². The summed E-state index contributed by atoms with van der Waals surface area (Å²) in [4.78, 5) is 0. The van der Waals surface area contributed by atoms with Crippen molar-refractivity contribution >= 4 is 0 Å². The fourth-order valence-corrected chi connectivity index (χ4v) is 2.27. The number of hydrogen-bond acceptors (Lipinski definition) is 5. The molecule has 0 amide bonds. The third-order valence-electron chi connectivity index (χ3n) is 3.02. The Balaban J connectivity index is 2.54. The SMILES string of the molecule is COCc1[nH]nc2c1[C@@H](C(C)C)C(C#N)=C(N)O2. The van der Waals surface area contributed by atoms with Crippen LogP contribution >= 0.6 is 0 Å². The van der Waals surface area contributed by atoms with Gasteiger partial charge in [0, 0.05) is 18.6 Å². The van der Waals surface area contributed by atoms with Crippen molar-refractivity contribution in [3.8, 4) is 11.9 Å². The van der Waals surface area contributed by atoms with E-state index in [0.717, 1.165) is 11.3 Å². The lowest BCUT2D eigenvalue weighted by Crippen LogP contribution is -2.23. The number of nitrogens with one attached hydrogen (secondary N) is 1. The van der Waals surface area contributed by atoms with Crippen molar-refractivity contribution in [3.05, 3.63) is 22.7 Å². The Morgan fingerprint density at radius 1 is 1.61 bits per heavy atom. The van der Waals surface area contributed by atoms with Crippen LogP contribution in [0.2, 0.25) is 0 Å². The van der Waals surface area contributed by atoms with E-state index in [2.05, 4.69) is 16.3 Å². The Labute approximate surface area is 105 Å². The second kappa shape index (κ2) is 4.70. The molecule has 1 aliphatic heterocycles. The van der Waals surface area contributed by atoms with Crippen LogP contribution in [-0.4, -0.2) is 17.3 Å². The highest BCUT2D eigenvalue weighted by Gasteiger charge is 2.35. The number of methoxy groups -OCH3 is 1. The fraction of sp³-hybridized carbons (Fsp3) is 0.500. The highest BCUT2D eigenvalue weighted by atomic mass is 16.5. The second-order valence-electron chi connectivity index (χ2n) is 4.57. The van der Waals surface area contributed by atoms with E-state index in [9.17, 15) is 5.26 Å². The highest BCUT2D eigenvalue weighted by molar-refractivity contribution is 5.49. The highest BCUT2D eigenvalue weighted by Crippen LogP contribution is 2.42. The Bertz CT molecular complexity index is 525. The number of nitriles is 1. The van der Waals surface area contributed by atoms with Gasteiger partial charge in [0.05, 0.1) is 17.9 Å². The van der Waals surface area contributed by atoms with Gasteiger partial charge in [-0.2, -0.15) is 5.26 Å². The first kappa shape index (κ1) is 12.5. The zero-order valence-corrected chi connectivity index (χ0v) is 10.7. The van der Waals surface area contributed by atoms with E-state index in [1.165, 1.54) is 0 Å². The molecule has 1 aromatic heterocycles. The third-order valence-corrected chi connectivity index (χ3v) is 3.02. The summed E-state index contributed by atoms with van der Waals surface area (Å²) >= 11 is 0. The molecule has 0 aromatic carbocycles. The number of aromatic amines is 1. The molecule has 6 nitrogen and oxygen atoms in total. The maximum atomic E-state index is 9.23. The van der Waals surface area contributed by atoms with Crippen LogP contribution in [0.4, 0.5) is 0 Å². The van der Waals surface area contributed by atoms with Crippen molar-refractivity contribution in [1.82, 2.24) is 10.2 Å². The number of hydrogen-bond donors (Lipinski definition) is 2. The van der Waals surface area contributed by atoms with Crippen molar-refractivity contribution < 1.29 is 9.47 Å². The summed E-state index contributed by atoms with van der Waals surface area (Å²) in [6, 6.07) is 2.13. The molecule has 1 atom stereocenters. The predicted octanol–water partition coefficient (Wildman–Crippen LogP) is 1.38. The number of nitrogens with zero attached hydrogens (tertiary/aromatic N) is 2. The molecule has 1 aromatic rings. The maximum Gasteiger partial charge on any atom is 0.244 e. The lowest BCUT2D eigenvalue weighted by molar-refractivity contribution is 0.180. The average Bonchev–Trinajstić information content (AvgIpc) is 2.70. The molecule has 0 aliphatic carbocycles. The first-order valence-electron chi connectivity index (χ1n) is 5.73. The Kier molecular flexibility index (Phi) is 3.26. The molecular formula is C12H16N4O2. The molecule has 0 bridgehead atoms. The zero-order valence-electron chi connectivity index (χ0n) is 10.7. The van der Waals surface area contributed by atoms with Gasteiger partial charge in [0.1, 0.15) is 6.07 Å². The maximum absolute atomic E-state index is 9.23. The topological polar surface area (TPSA) is 97.0 Å². The van der Waals surface area contributed by atoms with Crippen molar-refractivity contribution in [2.45, 2.75) is 26.4 Å². The summed E-state index contributed by atoms with van der Waals surface area (Å²) in [5.41, 5.74) is 7.92. The number of H-pyrrole nitrogens is 1. The molecule has 0 fully saturated rings. The van der Waals surface area contributed by atoms with E-state index in [1.54, 1.807) is 7.11 Å². The van der Waals surface area contributed by atoms with E-state index in [0.29, 0.717) is 18.1 Å². The van der Waals surface area contributed by atoms with Gasteiger partial charge in [-0.05, 0) is 5.92 Å². The summed E-state index contributed by atoms with van der Waals surface area (Å²) < 4.78 is 10.5. The van der Waals surface area contributed by atoms with Gasteiger partial charge >= 0.3 is 0 Å². The number of aromatic nitrogens is 2. The molecule has 0 radical (unpaired) electrons. The first-order chi connectivity index (χ1) is 8.60. The minimum Gasteiger partial charge on any atom is -0.420 e. The second-order valence-corrected chi connectivity index (χ2v) is 4.57. The number of allylic oxidation sites excluding steroid dienone is 1. The van der Waals surface area contributed by atoms with Crippen LogP contribution in [0.25, 0.3) is 0 Å². The minimum absolute atomic E-state index is 0.109. The molecule has 3 N–H and O–H groups in total. The third kappa shape index (κ3) is 1.83. The normalized spacial score (nSPS) is 18.5. The van der Waals surface area contributed by atoms with Gasteiger partial charge in [-0.25, -0.2) is 0 Å². The predicted molar refractivity (Wildman–Crippen MR) is 64.3 cm³/mol. The number of nitrogens with two attached hydrogens (primary N) is 1. The van der Waals surface area contributed by atoms with Gasteiger partial charge in [0.2, 0.25) is 11.8 Å². The molecule has 2 heterocycles. The van der Waals surface area contributed by atoms with Crippen LogP contribution in [0.5, 0.6) is 5.88 Å². The van der Waals surface area contributed by atoms with Crippen molar-refractivity contribution in [3.63, 3.8) is 0 Å². The van der Waals surface area contributed by atoms with Gasteiger partial charge in [-0.15, -0.1) is 5.10 Å². The monoisotopic (exact) mass is 248 g/mol. The van der Waals surface area contributed by atoms with Gasteiger partial charge in [0.25, 0.3) is 0 Å².